The van der Waals surface area contributed by atoms with E-state index in [9.17, 15) is 4.79 Å². The van der Waals surface area contributed by atoms with Crippen LogP contribution >= 0.6 is 0 Å². The van der Waals surface area contributed by atoms with E-state index in [4.69, 9.17) is 13.6 Å². The Labute approximate surface area is 190 Å². The average molecular weight is 436 g/mol. The highest BCUT2D eigenvalue weighted by molar-refractivity contribution is 5.88. The number of hydrogen-bond donors (Lipinski definition) is 0. The summed E-state index contributed by atoms with van der Waals surface area (Å²) in [7, 11) is 0. The van der Waals surface area contributed by atoms with Crippen LogP contribution in [0.25, 0.3) is 22.6 Å². The predicted octanol–water partition coefficient (Wildman–Crippen LogP) is 6.67. The van der Waals surface area contributed by atoms with E-state index < -0.39 is 5.97 Å². The minimum Gasteiger partial charge on any atom is -0.457 e. The van der Waals surface area contributed by atoms with Gasteiger partial charge in [0, 0.05) is 11.8 Å². The summed E-state index contributed by atoms with van der Waals surface area (Å²) in [4.78, 5) is 21.3. The van der Waals surface area contributed by atoms with Crippen molar-refractivity contribution >= 4 is 29.0 Å². The van der Waals surface area contributed by atoms with Gasteiger partial charge in [-0.15, -0.1) is 0 Å². The minimum absolute atomic E-state index is 0.157. The highest BCUT2D eigenvalue weighted by Crippen LogP contribution is 2.32. The van der Waals surface area contributed by atoms with Gasteiger partial charge in [0.05, 0.1) is 12.0 Å². The van der Waals surface area contributed by atoms with Gasteiger partial charge in [0.25, 0.3) is 0 Å². The van der Waals surface area contributed by atoms with E-state index in [1.54, 1.807) is 30.5 Å². The van der Waals surface area contributed by atoms with Gasteiger partial charge in [-0.05, 0) is 91.2 Å². The van der Waals surface area contributed by atoms with E-state index >= 15 is 0 Å². The molecule has 0 aliphatic heterocycles. The fraction of sp³-hybridized carbons (Fsp3) is 0.0741. The fourth-order valence-electron chi connectivity index (χ4n) is 3.47. The Balaban J connectivity index is 1.35. The second-order valence-electron chi connectivity index (χ2n) is 7.63. The van der Waals surface area contributed by atoms with E-state index in [0.717, 1.165) is 39.0 Å². The van der Waals surface area contributed by atoms with Crippen LogP contribution in [0.15, 0.2) is 92.9 Å². The molecule has 0 bridgehead atoms. The van der Waals surface area contributed by atoms with Crippen LogP contribution in [-0.2, 0) is 0 Å². The van der Waals surface area contributed by atoms with E-state index in [1.807, 2.05) is 62.4 Å². The smallest absolute Gasteiger partial charge is 0.379 e. The van der Waals surface area contributed by atoms with Gasteiger partial charge in [0.15, 0.2) is 5.58 Å². The van der Waals surface area contributed by atoms with Crippen molar-refractivity contribution in [3.63, 3.8) is 0 Å². The molecule has 5 aromatic rings. The van der Waals surface area contributed by atoms with Gasteiger partial charge in [-0.25, -0.2) is 9.78 Å². The molecule has 0 amide bonds. The number of esters is 1. The molecule has 162 valence electrons. The molecule has 2 aromatic heterocycles. The lowest BCUT2D eigenvalue weighted by molar-refractivity contribution is 0.0701. The minimum atomic E-state index is -0.539. The van der Waals surface area contributed by atoms with E-state index in [2.05, 4.69) is 9.98 Å². The maximum atomic E-state index is 12.0. The number of carbonyl (C=O) groups excluding carboxylic acids is 1. The number of rotatable bonds is 5. The lowest BCUT2D eigenvalue weighted by Gasteiger charge is -2.05. The Kier molecular flexibility index (Phi) is 5.32. The fourth-order valence-corrected chi connectivity index (χ4v) is 3.47. The molecule has 0 radical (unpaired) electrons. The largest absolute Gasteiger partial charge is 0.457 e. The molecule has 33 heavy (non-hydrogen) atoms. The first-order valence-corrected chi connectivity index (χ1v) is 10.4. The Morgan fingerprint density at radius 2 is 1.85 bits per heavy atom. The molecule has 6 heteroatoms. The first-order valence-electron chi connectivity index (χ1n) is 10.4. The normalized spacial score (nSPS) is 11.3. The van der Waals surface area contributed by atoms with Crippen LogP contribution in [0, 0.1) is 13.8 Å². The number of benzene rings is 3. The monoisotopic (exact) mass is 436 g/mol. The molecule has 0 saturated carbocycles. The molecule has 5 rings (SSSR count). The topological polar surface area (TPSA) is 77.8 Å². The zero-order valence-corrected chi connectivity index (χ0v) is 18.1. The van der Waals surface area contributed by atoms with Crippen LogP contribution in [0.4, 0.5) is 5.69 Å². The number of aryl methyl sites for hydroxylation is 1. The number of oxazole rings is 1. The number of aromatic nitrogens is 1. The number of ether oxygens (including phenoxy) is 1. The maximum Gasteiger partial charge on any atom is 0.379 e. The zero-order valence-electron chi connectivity index (χ0n) is 18.1. The van der Waals surface area contributed by atoms with Crippen LogP contribution in [0.2, 0.25) is 0 Å². The Morgan fingerprint density at radius 3 is 2.64 bits per heavy atom. The summed E-state index contributed by atoms with van der Waals surface area (Å²) in [5.74, 6) is 0.624. The number of furan rings is 1. The molecule has 3 aromatic carbocycles. The summed E-state index contributed by atoms with van der Waals surface area (Å²) in [6.45, 7) is 4.03. The number of hydrogen-bond acceptors (Lipinski definition) is 6. The van der Waals surface area contributed by atoms with Crippen LogP contribution < -0.4 is 4.74 Å². The molecule has 2 heterocycles. The van der Waals surface area contributed by atoms with Crippen molar-refractivity contribution in [3.05, 3.63) is 102 Å². The first-order chi connectivity index (χ1) is 16.1. The number of carbonyl (C=O) groups is 1. The van der Waals surface area contributed by atoms with E-state index in [1.165, 1.54) is 6.26 Å². The van der Waals surface area contributed by atoms with Crippen LogP contribution in [0.1, 0.15) is 27.2 Å². The van der Waals surface area contributed by atoms with Gasteiger partial charge >= 0.3 is 5.97 Å². The van der Waals surface area contributed by atoms with Crippen molar-refractivity contribution in [2.24, 2.45) is 4.99 Å². The summed E-state index contributed by atoms with van der Waals surface area (Å²) in [5, 5.41) is 0. The van der Waals surface area contributed by atoms with Gasteiger partial charge in [-0.3, -0.25) is 4.99 Å². The Bertz CT molecular complexity index is 1460. The molecule has 0 spiro atoms. The van der Waals surface area contributed by atoms with Crippen molar-refractivity contribution in [1.29, 1.82) is 0 Å². The number of fused-ring (bicyclic) bond motifs is 1. The molecule has 0 saturated heterocycles. The quantitative estimate of drug-likeness (QED) is 0.175. The summed E-state index contributed by atoms with van der Waals surface area (Å²) < 4.78 is 16.3. The zero-order chi connectivity index (χ0) is 22.8. The average Bonchev–Trinajstić information content (AvgIpc) is 3.49. The molecular weight excluding hydrogens is 416 g/mol. The van der Waals surface area contributed by atoms with Crippen molar-refractivity contribution in [1.82, 2.24) is 4.98 Å². The Morgan fingerprint density at radius 1 is 1.00 bits per heavy atom. The third-order valence-corrected chi connectivity index (χ3v) is 5.24. The molecule has 6 nitrogen and oxygen atoms in total. The molecule has 0 fully saturated rings. The third-order valence-electron chi connectivity index (χ3n) is 5.24. The van der Waals surface area contributed by atoms with Crippen LogP contribution in [0.3, 0.4) is 0 Å². The molecule has 0 aliphatic rings. The van der Waals surface area contributed by atoms with Crippen molar-refractivity contribution in [3.8, 4) is 17.2 Å². The van der Waals surface area contributed by atoms with Gasteiger partial charge in [-0.2, -0.15) is 0 Å². The molecule has 0 aliphatic carbocycles. The molecular formula is C27H20N2O4. The maximum absolute atomic E-state index is 12.0. The summed E-state index contributed by atoms with van der Waals surface area (Å²) in [6, 6.07) is 22.1. The highest BCUT2D eigenvalue weighted by atomic mass is 16.5. The van der Waals surface area contributed by atoms with Crippen molar-refractivity contribution in [2.75, 3.05) is 0 Å². The van der Waals surface area contributed by atoms with Crippen molar-refractivity contribution in [2.45, 2.75) is 13.8 Å². The van der Waals surface area contributed by atoms with Crippen LogP contribution in [-0.4, -0.2) is 17.2 Å². The standard InChI is InChI=1S/C27H20N2O4/c1-17-8-13-24-23(15-17)29-26(33-24)21-5-3-6-22(18(21)2)28-16-19-9-11-20(12-10-19)32-27(30)25-7-4-14-31-25/h3-16H,1-2H3. The molecule has 0 unspecified atom stereocenters. The molecule has 0 N–H and O–H groups in total. The second kappa shape index (κ2) is 8.59. The van der Waals surface area contributed by atoms with Gasteiger partial charge < -0.3 is 13.6 Å². The number of aliphatic imine (C=N–C) groups is 1. The van der Waals surface area contributed by atoms with Gasteiger partial charge in [0.1, 0.15) is 11.3 Å². The summed E-state index contributed by atoms with van der Waals surface area (Å²) in [5.41, 5.74) is 6.30. The molecule has 0 atom stereocenters. The van der Waals surface area contributed by atoms with Gasteiger partial charge in [0.2, 0.25) is 11.7 Å². The summed E-state index contributed by atoms with van der Waals surface area (Å²) >= 11 is 0. The first kappa shape index (κ1) is 20.5. The Hall–Kier alpha value is -4.45. The van der Waals surface area contributed by atoms with E-state index in [-0.39, 0.29) is 5.76 Å². The van der Waals surface area contributed by atoms with Gasteiger partial charge in [-0.1, -0.05) is 12.1 Å². The highest BCUT2D eigenvalue weighted by Gasteiger charge is 2.13. The predicted molar refractivity (Wildman–Crippen MR) is 126 cm³/mol. The lowest BCUT2D eigenvalue weighted by Crippen LogP contribution is -2.06. The van der Waals surface area contributed by atoms with Crippen molar-refractivity contribution < 1.29 is 18.4 Å². The SMILES string of the molecule is Cc1ccc2oc(-c3cccc(N=Cc4ccc(OC(=O)c5ccco5)cc4)c3C)nc2c1. The lowest BCUT2D eigenvalue weighted by atomic mass is 10.1. The summed E-state index contributed by atoms with van der Waals surface area (Å²) in [6.07, 6.45) is 3.19. The van der Waals surface area contributed by atoms with E-state index in [0.29, 0.717) is 11.6 Å². The number of nitrogens with zero attached hydrogens (tertiary/aromatic N) is 2. The second-order valence-corrected chi connectivity index (χ2v) is 7.63. The van der Waals surface area contributed by atoms with Crippen LogP contribution in [0.5, 0.6) is 5.75 Å². The third kappa shape index (κ3) is 4.32.